The molecule has 4 nitrogen and oxygen atoms in total. The van der Waals surface area contributed by atoms with E-state index in [0.717, 1.165) is 33.5 Å². The number of hydrogen-bond acceptors (Lipinski definition) is 4. The predicted octanol–water partition coefficient (Wildman–Crippen LogP) is 5.13. The molecule has 0 aliphatic rings. The zero-order valence-corrected chi connectivity index (χ0v) is 14.7. The first kappa shape index (κ1) is 14.9. The molecule has 0 spiro atoms. The van der Waals surface area contributed by atoms with Crippen molar-refractivity contribution < 1.29 is 0 Å². The van der Waals surface area contributed by atoms with E-state index in [0.29, 0.717) is 0 Å². The molecule has 1 N–H and O–H groups in total. The molecule has 5 heteroatoms. The Hall–Kier alpha value is -2.66. The van der Waals surface area contributed by atoms with Gasteiger partial charge >= 0.3 is 0 Å². The number of nitrogens with one attached hydrogen (secondary N) is 1. The van der Waals surface area contributed by atoms with Gasteiger partial charge in [0.2, 0.25) is 0 Å². The molecule has 4 aromatic rings. The van der Waals surface area contributed by atoms with Crippen molar-refractivity contribution in [3.05, 3.63) is 64.8 Å². The minimum absolute atomic E-state index is 0.886. The molecule has 24 heavy (non-hydrogen) atoms. The number of aryl methyl sites for hydroxylation is 3. The van der Waals surface area contributed by atoms with E-state index in [9.17, 15) is 0 Å². The van der Waals surface area contributed by atoms with Crippen molar-refractivity contribution in [3.63, 3.8) is 0 Å². The first-order valence-electron chi connectivity index (χ1n) is 7.85. The van der Waals surface area contributed by atoms with Crippen LogP contribution in [0.4, 0.5) is 10.8 Å². The summed E-state index contributed by atoms with van der Waals surface area (Å²) in [7, 11) is 0. The number of fused-ring (bicyclic) bond motifs is 1. The number of benzene rings is 1. The lowest BCUT2D eigenvalue weighted by atomic mass is 10.2. The lowest BCUT2D eigenvalue weighted by molar-refractivity contribution is 1.16. The van der Waals surface area contributed by atoms with Gasteiger partial charge in [-0.15, -0.1) is 11.3 Å². The standard InChI is InChI=1S/C19H18N4S/c1-12-5-4-6-15(9-12)21-19-22-16(11-24-19)18-14(3)20-17-10-13(2)7-8-23(17)18/h4-11H,1-3H3,(H,21,22). The van der Waals surface area contributed by atoms with Crippen LogP contribution in [0, 0.1) is 20.8 Å². The average Bonchev–Trinajstić information content (AvgIpc) is 3.10. The normalized spacial score (nSPS) is 11.1. The van der Waals surface area contributed by atoms with E-state index >= 15 is 0 Å². The van der Waals surface area contributed by atoms with Crippen molar-refractivity contribution in [1.82, 2.24) is 14.4 Å². The second-order valence-corrected chi connectivity index (χ2v) is 6.87. The van der Waals surface area contributed by atoms with Crippen molar-refractivity contribution in [2.75, 3.05) is 5.32 Å². The molecule has 0 amide bonds. The fourth-order valence-corrected chi connectivity index (χ4v) is 3.57. The quantitative estimate of drug-likeness (QED) is 0.565. The van der Waals surface area contributed by atoms with Gasteiger partial charge in [-0.05, 0) is 56.2 Å². The smallest absolute Gasteiger partial charge is 0.187 e. The van der Waals surface area contributed by atoms with E-state index < -0.39 is 0 Å². The number of aromatic nitrogens is 3. The van der Waals surface area contributed by atoms with Crippen LogP contribution in [0.3, 0.4) is 0 Å². The Balaban J connectivity index is 1.71. The van der Waals surface area contributed by atoms with Gasteiger partial charge in [-0.1, -0.05) is 12.1 Å². The molecule has 0 aliphatic carbocycles. The summed E-state index contributed by atoms with van der Waals surface area (Å²) in [6, 6.07) is 12.5. The second kappa shape index (κ2) is 5.76. The summed E-state index contributed by atoms with van der Waals surface area (Å²) in [5.41, 5.74) is 7.45. The Morgan fingerprint density at radius 1 is 1.00 bits per heavy atom. The maximum atomic E-state index is 4.76. The van der Waals surface area contributed by atoms with Gasteiger partial charge < -0.3 is 5.32 Å². The van der Waals surface area contributed by atoms with Gasteiger partial charge in [-0.3, -0.25) is 4.40 Å². The molecule has 0 aliphatic heterocycles. The summed E-state index contributed by atoms with van der Waals surface area (Å²) in [5, 5.41) is 6.35. The van der Waals surface area contributed by atoms with Crippen molar-refractivity contribution in [2.24, 2.45) is 0 Å². The van der Waals surface area contributed by atoms with Gasteiger partial charge in [0.15, 0.2) is 5.13 Å². The second-order valence-electron chi connectivity index (χ2n) is 6.01. The van der Waals surface area contributed by atoms with Crippen molar-refractivity contribution in [3.8, 4) is 11.4 Å². The van der Waals surface area contributed by atoms with Crippen LogP contribution in [0.2, 0.25) is 0 Å². The third-order valence-electron chi connectivity index (χ3n) is 3.97. The largest absolute Gasteiger partial charge is 0.332 e. The highest BCUT2D eigenvalue weighted by Gasteiger charge is 2.14. The van der Waals surface area contributed by atoms with E-state index in [-0.39, 0.29) is 0 Å². The average molecular weight is 334 g/mol. The number of nitrogens with zero attached hydrogens (tertiary/aromatic N) is 3. The van der Waals surface area contributed by atoms with E-state index in [4.69, 9.17) is 4.98 Å². The fourth-order valence-electron chi connectivity index (χ4n) is 2.86. The minimum atomic E-state index is 0.886. The predicted molar refractivity (Wildman–Crippen MR) is 100 cm³/mol. The van der Waals surface area contributed by atoms with Crippen LogP contribution in [0.25, 0.3) is 17.0 Å². The maximum Gasteiger partial charge on any atom is 0.187 e. The molecule has 0 saturated heterocycles. The fraction of sp³-hybridized carbons (Fsp3) is 0.158. The van der Waals surface area contributed by atoms with Crippen LogP contribution in [0.15, 0.2) is 48.0 Å². The highest BCUT2D eigenvalue weighted by atomic mass is 32.1. The molecule has 0 bridgehead atoms. The Bertz CT molecular complexity index is 1030. The zero-order chi connectivity index (χ0) is 16.7. The van der Waals surface area contributed by atoms with Gasteiger partial charge in [-0.2, -0.15) is 0 Å². The van der Waals surface area contributed by atoms with E-state index in [1.54, 1.807) is 11.3 Å². The molecular weight excluding hydrogens is 316 g/mol. The van der Waals surface area contributed by atoms with Gasteiger partial charge in [0, 0.05) is 17.3 Å². The monoisotopic (exact) mass is 334 g/mol. The Kier molecular flexibility index (Phi) is 3.58. The summed E-state index contributed by atoms with van der Waals surface area (Å²) in [5.74, 6) is 0. The Morgan fingerprint density at radius 2 is 1.83 bits per heavy atom. The third kappa shape index (κ3) is 2.67. The SMILES string of the molecule is Cc1cccc(Nc2nc(-c3c(C)nc4cc(C)ccn34)cs2)c1. The Labute approximate surface area is 144 Å². The van der Waals surface area contributed by atoms with E-state index in [1.165, 1.54) is 11.1 Å². The van der Waals surface area contributed by atoms with Crippen molar-refractivity contribution >= 4 is 27.8 Å². The summed E-state index contributed by atoms with van der Waals surface area (Å²) in [4.78, 5) is 9.42. The number of rotatable bonds is 3. The summed E-state index contributed by atoms with van der Waals surface area (Å²) in [6.45, 7) is 6.20. The molecule has 0 atom stereocenters. The number of imidazole rings is 1. The molecule has 0 unspecified atom stereocenters. The summed E-state index contributed by atoms with van der Waals surface area (Å²) in [6.07, 6.45) is 2.06. The lowest BCUT2D eigenvalue weighted by Gasteiger charge is -2.03. The highest BCUT2D eigenvalue weighted by molar-refractivity contribution is 7.14. The number of pyridine rings is 1. The number of hydrogen-bond donors (Lipinski definition) is 1. The van der Waals surface area contributed by atoms with Crippen LogP contribution in [-0.2, 0) is 0 Å². The molecule has 1 aromatic carbocycles. The van der Waals surface area contributed by atoms with Crippen molar-refractivity contribution in [1.29, 1.82) is 0 Å². The molecular formula is C19H18N4S. The number of anilines is 2. The molecule has 0 saturated carbocycles. The first-order chi connectivity index (χ1) is 11.6. The van der Waals surface area contributed by atoms with Crippen LogP contribution in [0.5, 0.6) is 0 Å². The van der Waals surface area contributed by atoms with E-state index in [2.05, 4.69) is 70.5 Å². The minimum Gasteiger partial charge on any atom is -0.332 e. The molecule has 0 fully saturated rings. The van der Waals surface area contributed by atoms with Gasteiger partial charge in [0.05, 0.1) is 11.4 Å². The topological polar surface area (TPSA) is 42.2 Å². The zero-order valence-electron chi connectivity index (χ0n) is 13.9. The van der Waals surface area contributed by atoms with Crippen LogP contribution in [0.1, 0.15) is 16.8 Å². The number of thiazole rings is 1. The Morgan fingerprint density at radius 3 is 2.67 bits per heavy atom. The van der Waals surface area contributed by atoms with Gasteiger partial charge in [-0.25, -0.2) is 9.97 Å². The highest BCUT2D eigenvalue weighted by Crippen LogP contribution is 2.30. The summed E-state index contributed by atoms with van der Waals surface area (Å²) < 4.78 is 2.10. The molecule has 4 rings (SSSR count). The van der Waals surface area contributed by atoms with Crippen LogP contribution >= 0.6 is 11.3 Å². The molecule has 3 heterocycles. The first-order valence-corrected chi connectivity index (χ1v) is 8.73. The lowest BCUT2D eigenvalue weighted by Crippen LogP contribution is -1.92. The summed E-state index contributed by atoms with van der Waals surface area (Å²) >= 11 is 1.61. The van der Waals surface area contributed by atoms with Crippen molar-refractivity contribution in [2.45, 2.75) is 20.8 Å². The molecule has 3 aromatic heterocycles. The van der Waals surface area contributed by atoms with Gasteiger partial charge in [0.25, 0.3) is 0 Å². The molecule has 120 valence electrons. The van der Waals surface area contributed by atoms with Crippen LogP contribution in [-0.4, -0.2) is 14.4 Å². The molecule has 0 radical (unpaired) electrons. The van der Waals surface area contributed by atoms with Gasteiger partial charge in [0.1, 0.15) is 11.3 Å². The maximum absolute atomic E-state index is 4.76. The van der Waals surface area contributed by atoms with Crippen LogP contribution < -0.4 is 5.32 Å². The third-order valence-corrected chi connectivity index (χ3v) is 4.73. The van der Waals surface area contributed by atoms with E-state index in [1.807, 2.05) is 13.0 Å².